The van der Waals surface area contributed by atoms with E-state index in [0.717, 1.165) is 17.0 Å². The summed E-state index contributed by atoms with van der Waals surface area (Å²) in [5, 5.41) is 0. The summed E-state index contributed by atoms with van der Waals surface area (Å²) in [5.41, 5.74) is 8.33. The van der Waals surface area contributed by atoms with Crippen molar-refractivity contribution in [1.82, 2.24) is 15.4 Å². The molecule has 0 aliphatic heterocycles. The van der Waals surface area contributed by atoms with Gasteiger partial charge in [-0.05, 0) is 51.5 Å². The van der Waals surface area contributed by atoms with E-state index >= 15 is 0 Å². The van der Waals surface area contributed by atoms with Crippen molar-refractivity contribution in [2.45, 2.75) is 33.7 Å². The van der Waals surface area contributed by atoms with E-state index < -0.39 is 5.91 Å². The Labute approximate surface area is 188 Å². The zero-order chi connectivity index (χ0) is 23.1. The van der Waals surface area contributed by atoms with Crippen LogP contribution in [0, 0.1) is 13.8 Å². The first-order valence-corrected chi connectivity index (χ1v) is 10.6. The number of aromatic nitrogens is 1. The lowest BCUT2D eigenvalue weighted by Crippen LogP contribution is -2.44. The molecule has 32 heavy (non-hydrogen) atoms. The Kier molecular flexibility index (Phi) is 7.54. The van der Waals surface area contributed by atoms with Gasteiger partial charge in [-0.25, -0.2) is 0 Å². The summed E-state index contributed by atoms with van der Waals surface area (Å²) in [5.74, 6) is 0.171. The van der Waals surface area contributed by atoms with Gasteiger partial charge in [0.05, 0.1) is 18.2 Å². The number of hydrogen-bond acceptors (Lipinski definition) is 4. The second-order valence-electron chi connectivity index (χ2n) is 7.41. The van der Waals surface area contributed by atoms with Crippen molar-refractivity contribution in [3.63, 3.8) is 0 Å². The van der Waals surface area contributed by atoms with Crippen LogP contribution in [-0.2, 0) is 4.79 Å². The maximum atomic E-state index is 12.7. The van der Waals surface area contributed by atoms with Crippen molar-refractivity contribution in [2.75, 3.05) is 13.2 Å². The maximum absolute atomic E-state index is 12.7. The monoisotopic (exact) mass is 435 g/mol. The number of amides is 2. The summed E-state index contributed by atoms with van der Waals surface area (Å²) in [6.07, 6.45) is 0. The number of benzene rings is 2. The molecule has 1 unspecified atom stereocenters. The van der Waals surface area contributed by atoms with E-state index in [1.165, 1.54) is 0 Å². The Balaban J connectivity index is 1.60. The molecule has 1 heterocycles. The molecule has 0 bridgehead atoms. The molecule has 2 amide bonds. The molecular weight excluding hydrogens is 406 g/mol. The highest BCUT2D eigenvalue weighted by molar-refractivity contribution is 5.96. The summed E-state index contributed by atoms with van der Waals surface area (Å²) < 4.78 is 13.1. The van der Waals surface area contributed by atoms with Crippen LogP contribution in [0.4, 0.5) is 0 Å². The van der Waals surface area contributed by atoms with Gasteiger partial charge in [-0.2, -0.15) is 0 Å². The van der Waals surface area contributed by atoms with Gasteiger partial charge in [0.25, 0.3) is 11.8 Å². The van der Waals surface area contributed by atoms with Gasteiger partial charge in [0.1, 0.15) is 0 Å². The van der Waals surface area contributed by atoms with Crippen LogP contribution in [0.15, 0.2) is 60.7 Å². The minimum Gasteiger partial charge on any atom is -0.490 e. The van der Waals surface area contributed by atoms with Gasteiger partial charge in [0, 0.05) is 11.4 Å². The Morgan fingerprint density at radius 2 is 1.56 bits per heavy atom. The highest BCUT2D eigenvalue weighted by Crippen LogP contribution is 2.26. The molecule has 0 radical (unpaired) electrons. The van der Waals surface area contributed by atoms with Crippen molar-refractivity contribution in [3.8, 4) is 11.5 Å². The fourth-order valence-electron chi connectivity index (χ4n) is 3.70. The topological polar surface area (TPSA) is 81.6 Å². The number of nitrogens with one attached hydrogen (secondary N) is 2. The molecule has 3 rings (SSSR count). The number of aryl methyl sites for hydroxylation is 1. The van der Waals surface area contributed by atoms with Gasteiger partial charge in [-0.3, -0.25) is 20.4 Å². The summed E-state index contributed by atoms with van der Waals surface area (Å²) >= 11 is 0. The number of para-hydroxylation sites is 2. The van der Waals surface area contributed by atoms with E-state index in [2.05, 4.69) is 34.5 Å². The summed E-state index contributed by atoms with van der Waals surface area (Å²) in [7, 11) is 0. The highest BCUT2D eigenvalue weighted by Gasteiger charge is 2.20. The zero-order valence-corrected chi connectivity index (χ0v) is 18.8. The standard InChI is InChI=1S/C25H29N3O4/c1-5-31-22-13-9-10-14-23(22)32-16-24(29)26-27-25(30)21-15-17(2)28(19(21)4)18(3)20-11-7-6-8-12-20/h6-15,18H,5,16H2,1-4H3,(H,26,29)(H,27,30). The SMILES string of the molecule is CCOc1ccccc1OCC(=O)NNC(=O)c1cc(C)n(C(C)c2ccccc2)c1C. The number of hydrazine groups is 1. The van der Waals surface area contributed by atoms with Gasteiger partial charge in [0.2, 0.25) is 0 Å². The van der Waals surface area contributed by atoms with Crippen molar-refractivity contribution in [2.24, 2.45) is 0 Å². The van der Waals surface area contributed by atoms with E-state index in [-0.39, 0.29) is 18.6 Å². The summed E-state index contributed by atoms with van der Waals surface area (Å²) in [4.78, 5) is 24.9. The number of carbonyl (C=O) groups excluding carboxylic acids is 2. The summed E-state index contributed by atoms with van der Waals surface area (Å²) in [6, 6.07) is 19.1. The van der Waals surface area contributed by atoms with Crippen LogP contribution in [-0.4, -0.2) is 29.6 Å². The van der Waals surface area contributed by atoms with Gasteiger partial charge in [-0.15, -0.1) is 0 Å². The lowest BCUT2D eigenvalue weighted by Gasteiger charge is -2.19. The molecule has 0 fully saturated rings. The van der Waals surface area contributed by atoms with Gasteiger partial charge < -0.3 is 14.0 Å². The van der Waals surface area contributed by atoms with Crippen molar-refractivity contribution < 1.29 is 19.1 Å². The first-order valence-electron chi connectivity index (χ1n) is 10.6. The van der Waals surface area contributed by atoms with E-state index in [1.807, 2.05) is 51.1 Å². The number of carbonyl (C=O) groups is 2. The molecular formula is C25H29N3O4. The van der Waals surface area contributed by atoms with Crippen molar-refractivity contribution in [3.05, 3.63) is 83.2 Å². The number of nitrogens with zero attached hydrogens (tertiary/aromatic N) is 1. The molecule has 3 aromatic rings. The summed E-state index contributed by atoms with van der Waals surface area (Å²) in [6.45, 7) is 8.06. The number of hydrogen-bond donors (Lipinski definition) is 2. The zero-order valence-electron chi connectivity index (χ0n) is 18.8. The fraction of sp³-hybridized carbons (Fsp3) is 0.280. The van der Waals surface area contributed by atoms with Crippen LogP contribution in [0.25, 0.3) is 0 Å². The molecule has 2 N–H and O–H groups in total. The minimum atomic E-state index is -0.476. The van der Waals surface area contributed by atoms with Gasteiger partial charge in [-0.1, -0.05) is 42.5 Å². The largest absolute Gasteiger partial charge is 0.490 e. The second kappa shape index (κ2) is 10.5. The predicted molar refractivity (Wildman–Crippen MR) is 123 cm³/mol. The Hall–Kier alpha value is -3.74. The lowest BCUT2D eigenvalue weighted by molar-refractivity contribution is -0.123. The highest BCUT2D eigenvalue weighted by atomic mass is 16.5. The Morgan fingerprint density at radius 1 is 0.938 bits per heavy atom. The normalized spacial score (nSPS) is 11.5. The third kappa shape index (κ3) is 5.29. The van der Waals surface area contributed by atoms with Crippen LogP contribution in [0.1, 0.15) is 47.2 Å². The van der Waals surface area contributed by atoms with E-state index in [4.69, 9.17) is 9.47 Å². The molecule has 0 spiro atoms. The predicted octanol–water partition coefficient (Wildman–Crippen LogP) is 3.95. The second-order valence-corrected chi connectivity index (χ2v) is 7.41. The number of rotatable bonds is 8. The van der Waals surface area contributed by atoms with Gasteiger partial charge in [0.15, 0.2) is 18.1 Å². The number of ether oxygens (including phenoxy) is 2. The Morgan fingerprint density at radius 3 is 2.22 bits per heavy atom. The minimum absolute atomic E-state index is 0.0751. The van der Waals surface area contributed by atoms with Crippen molar-refractivity contribution >= 4 is 11.8 Å². The van der Waals surface area contributed by atoms with E-state index in [1.54, 1.807) is 18.2 Å². The molecule has 1 atom stereocenters. The van der Waals surface area contributed by atoms with Gasteiger partial charge >= 0.3 is 0 Å². The van der Waals surface area contributed by atoms with Crippen LogP contribution >= 0.6 is 0 Å². The molecule has 7 heteroatoms. The third-order valence-electron chi connectivity index (χ3n) is 5.22. The quantitative estimate of drug-likeness (QED) is 0.525. The lowest BCUT2D eigenvalue weighted by atomic mass is 10.1. The fourth-order valence-corrected chi connectivity index (χ4v) is 3.70. The maximum Gasteiger partial charge on any atom is 0.276 e. The Bertz CT molecular complexity index is 1080. The van der Waals surface area contributed by atoms with E-state index in [0.29, 0.717) is 23.7 Å². The molecule has 7 nitrogen and oxygen atoms in total. The average Bonchev–Trinajstić information content (AvgIpc) is 3.11. The van der Waals surface area contributed by atoms with Crippen LogP contribution in [0.3, 0.4) is 0 Å². The molecule has 0 aliphatic rings. The average molecular weight is 436 g/mol. The molecule has 168 valence electrons. The third-order valence-corrected chi connectivity index (χ3v) is 5.22. The molecule has 2 aromatic carbocycles. The molecule has 0 saturated carbocycles. The van der Waals surface area contributed by atoms with Crippen LogP contribution in [0.2, 0.25) is 0 Å². The first kappa shape index (κ1) is 22.9. The molecule has 1 aromatic heterocycles. The van der Waals surface area contributed by atoms with Crippen LogP contribution in [0.5, 0.6) is 11.5 Å². The van der Waals surface area contributed by atoms with Crippen LogP contribution < -0.4 is 20.3 Å². The molecule has 0 aliphatic carbocycles. The smallest absolute Gasteiger partial charge is 0.276 e. The molecule has 0 saturated heterocycles. The van der Waals surface area contributed by atoms with E-state index in [9.17, 15) is 9.59 Å². The van der Waals surface area contributed by atoms with Crippen molar-refractivity contribution in [1.29, 1.82) is 0 Å². The first-order chi connectivity index (χ1) is 15.4.